The molecule has 0 saturated carbocycles. The lowest BCUT2D eigenvalue weighted by Crippen LogP contribution is -2.35. The van der Waals surface area contributed by atoms with Crippen LogP contribution in [0.4, 0.5) is 11.4 Å². The van der Waals surface area contributed by atoms with Gasteiger partial charge in [-0.3, -0.25) is 9.59 Å². The van der Waals surface area contributed by atoms with Gasteiger partial charge in [0.05, 0.1) is 12.6 Å². The van der Waals surface area contributed by atoms with Crippen molar-refractivity contribution < 1.29 is 19.1 Å². The molecule has 4 rings (SSSR count). The van der Waals surface area contributed by atoms with E-state index < -0.39 is 0 Å². The van der Waals surface area contributed by atoms with Gasteiger partial charge in [0.15, 0.2) is 0 Å². The molecule has 32 heavy (non-hydrogen) atoms. The Labute approximate surface area is 189 Å². The van der Waals surface area contributed by atoms with Crippen LogP contribution in [0, 0.1) is 0 Å². The molecule has 2 amide bonds. The Hall–Kier alpha value is -3.06. The minimum Gasteiger partial charge on any atom is -0.491 e. The molecule has 2 aromatic rings. The number of nitrogens with one attached hydrogen (secondary N) is 2. The maximum atomic E-state index is 12.5. The largest absolute Gasteiger partial charge is 0.491 e. The van der Waals surface area contributed by atoms with Crippen LogP contribution in [0.15, 0.2) is 48.5 Å². The van der Waals surface area contributed by atoms with Crippen LogP contribution in [0.2, 0.25) is 0 Å². The Morgan fingerprint density at radius 2 is 1.66 bits per heavy atom. The monoisotopic (exact) mass is 437 g/mol. The van der Waals surface area contributed by atoms with Gasteiger partial charge in [-0.15, -0.1) is 0 Å². The third-order valence-electron chi connectivity index (χ3n) is 5.83. The fourth-order valence-corrected chi connectivity index (χ4v) is 4.00. The average molecular weight is 438 g/mol. The Bertz CT molecular complexity index is 886. The number of likely N-dealkylation sites (tertiary alicyclic amines) is 1. The Kier molecular flexibility index (Phi) is 7.61. The van der Waals surface area contributed by atoms with E-state index in [9.17, 15) is 9.59 Å². The normalized spacial score (nSPS) is 18.2. The summed E-state index contributed by atoms with van der Waals surface area (Å²) in [5, 5.41) is 5.96. The van der Waals surface area contributed by atoms with Crippen LogP contribution in [0.3, 0.4) is 0 Å². The van der Waals surface area contributed by atoms with Crippen LogP contribution in [0.25, 0.3) is 0 Å². The molecule has 0 radical (unpaired) electrons. The number of amides is 2. The number of benzene rings is 2. The van der Waals surface area contributed by atoms with Gasteiger partial charge in [-0.1, -0.05) is 0 Å². The van der Waals surface area contributed by atoms with Crippen molar-refractivity contribution in [3.05, 3.63) is 54.1 Å². The lowest BCUT2D eigenvalue weighted by molar-refractivity contribution is -0.114. The second-order valence-electron chi connectivity index (χ2n) is 8.30. The molecule has 2 aromatic carbocycles. The topological polar surface area (TPSA) is 79.9 Å². The summed E-state index contributed by atoms with van der Waals surface area (Å²) in [6.45, 7) is 3.17. The van der Waals surface area contributed by atoms with Crippen LogP contribution in [0.5, 0.6) is 5.75 Å². The maximum Gasteiger partial charge on any atom is 0.253 e. The summed E-state index contributed by atoms with van der Waals surface area (Å²) in [6, 6.07) is 14.6. The fraction of sp³-hybridized carbons (Fsp3) is 0.440. The van der Waals surface area contributed by atoms with Gasteiger partial charge in [-0.2, -0.15) is 0 Å². The Morgan fingerprint density at radius 3 is 2.34 bits per heavy atom. The van der Waals surface area contributed by atoms with Gasteiger partial charge in [0, 0.05) is 36.6 Å². The minimum absolute atomic E-state index is 0.0807. The van der Waals surface area contributed by atoms with Crippen LogP contribution in [-0.4, -0.2) is 55.7 Å². The van der Waals surface area contributed by atoms with Gasteiger partial charge in [-0.05, 0) is 80.6 Å². The maximum absolute atomic E-state index is 12.5. The summed E-state index contributed by atoms with van der Waals surface area (Å²) in [4.78, 5) is 26.7. The lowest BCUT2D eigenvalue weighted by atomic mass is 10.1. The smallest absolute Gasteiger partial charge is 0.253 e. The summed E-state index contributed by atoms with van der Waals surface area (Å²) >= 11 is 0. The van der Waals surface area contributed by atoms with E-state index in [1.807, 2.05) is 53.4 Å². The standard InChI is InChI=1S/C25H31N3O4/c29-24(27-21-10-12-22(13-11-21)32-18-23-5-4-16-31-23)17-26-20-8-6-19(7-9-20)25(30)28-14-2-1-3-15-28/h6-13,23,26H,1-5,14-18H2,(H,27,29). The fourth-order valence-electron chi connectivity index (χ4n) is 4.00. The Balaban J connectivity index is 1.20. The van der Waals surface area contributed by atoms with Crippen molar-refractivity contribution in [2.75, 3.05) is 43.5 Å². The number of nitrogens with zero attached hydrogens (tertiary/aromatic N) is 1. The zero-order chi connectivity index (χ0) is 22.2. The molecular weight excluding hydrogens is 406 g/mol. The van der Waals surface area contributed by atoms with Crippen LogP contribution < -0.4 is 15.4 Å². The first-order valence-corrected chi connectivity index (χ1v) is 11.4. The van der Waals surface area contributed by atoms with Crippen molar-refractivity contribution in [3.63, 3.8) is 0 Å². The van der Waals surface area contributed by atoms with E-state index in [1.54, 1.807) is 0 Å². The zero-order valence-corrected chi connectivity index (χ0v) is 18.3. The predicted molar refractivity (Wildman–Crippen MR) is 124 cm³/mol. The summed E-state index contributed by atoms with van der Waals surface area (Å²) in [7, 11) is 0. The van der Waals surface area contributed by atoms with E-state index in [0.717, 1.165) is 56.8 Å². The molecule has 1 atom stereocenters. The molecule has 1 unspecified atom stereocenters. The van der Waals surface area contributed by atoms with Crippen molar-refractivity contribution in [2.45, 2.75) is 38.2 Å². The molecule has 7 nitrogen and oxygen atoms in total. The predicted octanol–water partition coefficient (Wildman–Crippen LogP) is 3.92. The molecule has 0 aliphatic carbocycles. The van der Waals surface area contributed by atoms with Crippen molar-refractivity contribution in [1.29, 1.82) is 0 Å². The van der Waals surface area contributed by atoms with Gasteiger partial charge in [0.2, 0.25) is 5.91 Å². The summed E-state index contributed by atoms with van der Waals surface area (Å²) < 4.78 is 11.3. The molecule has 0 bridgehead atoms. The van der Waals surface area contributed by atoms with E-state index in [2.05, 4.69) is 10.6 Å². The van der Waals surface area contributed by atoms with Crippen molar-refractivity contribution in [1.82, 2.24) is 4.90 Å². The molecule has 170 valence electrons. The third-order valence-corrected chi connectivity index (χ3v) is 5.83. The van der Waals surface area contributed by atoms with E-state index in [-0.39, 0.29) is 24.5 Å². The molecule has 0 spiro atoms. The molecule has 7 heteroatoms. The number of carbonyl (C=O) groups excluding carboxylic acids is 2. The molecular formula is C25H31N3O4. The molecule has 2 aliphatic heterocycles. The van der Waals surface area contributed by atoms with Crippen molar-refractivity contribution >= 4 is 23.2 Å². The highest BCUT2D eigenvalue weighted by Crippen LogP contribution is 2.19. The quantitative estimate of drug-likeness (QED) is 0.654. The molecule has 2 heterocycles. The van der Waals surface area contributed by atoms with Gasteiger partial charge >= 0.3 is 0 Å². The summed E-state index contributed by atoms with van der Waals surface area (Å²) in [5.74, 6) is 0.694. The van der Waals surface area contributed by atoms with E-state index >= 15 is 0 Å². The number of hydrogen-bond acceptors (Lipinski definition) is 5. The van der Waals surface area contributed by atoms with Gasteiger partial charge in [0.25, 0.3) is 5.91 Å². The third kappa shape index (κ3) is 6.23. The lowest BCUT2D eigenvalue weighted by Gasteiger charge is -2.26. The van der Waals surface area contributed by atoms with Crippen molar-refractivity contribution in [2.24, 2.45) is 0 Å². The highest BCUT2D eigenvalue weighted by Gasteiger charge is 2.18. The first-order chi connectivity index (χ1) is 15.7. The first kappa shape index (κ1) is 22.1. The van der Waals surface area contributed by atoms with Gasteiger partial charge in [-0.25, -0.2) is 0 Å². The van der Waals surface area contributed by atoms with E-state index in [4.69, 9.17) is 9.47 Å². The SMILES string of the molecule is O=C(CNc1ccc(C(=O)N2CCCCC2)cc1)Nc1ccc(OCC2CCCO2)cc1. The molecule has 2 fully saturated rings. The minimum atomic E-state index is -0.147. The second-order valence-corrected chi connectivity index (χ2v) is 8.30. The number of hydrogen-bond donors (Lipinski definition) is 2. The second kappa shape index (κ2) is 11.0. The number of anilines is 2. The van der Waals surface area contributed by atoms with Gasteiger partial charge in [0.1, 0.15) is 12.4 Å². The molecule has 2 aliphatic rings. The first-order valence-electron chi connectivity index (χ1n) is 11.4. The molecule has 2 saturated heterocycles. The van der Waals surface area contributed by atoms with Crippen LogP contribution in [0.1, 0.15) is 42.5 Å². The Morgan fingerprint density at radius 1 is 0.938 bits per heavy atom. The van der Waals surface area contributed by atoms with Crippen molar-refractivity contribution in [3.8, 4) is 5.75 Å². The van der Waals surface area contributed by atoms with Gasteiger partial charge < -0.3 is 25.0 Å². The number of carbonyl (C=O) groups is 2. The van der Waals surface area contributed by atoms with Crippen LogP contribution in [-0.2, 0) is 9.53 Å². The number of rotatable bonds is 8. The number of ether oxygens (including phenoxy) is 2. The zero-order valence-electron chi connectivity index (χ0n) is 18.3. The molecule has 2 N–H and O–H groups in total. The number of piperidine rings is 1. The van der Waals surface area contributed by atoms with E-state index in [0.29, 0.717) is 17.9 Å². The van der Waals surface area contributed by atoms with Crippen LogP contribution >= 0.6 is 0 Å². The summed E-state index contributed by atoms with van der Waals surface area (Å²) in [5.41, 5.74) is 2.20. The summed E-state index contributed by atoms with van der Waals surface area (Å²) in [6.07, 6.45) is 5.66. The average Bonchev–Trinajstić information content (AvgIpc) is 3.37. The highest BCUT2D eigenvalue weighted by atomic mass is 16.5. The highest BCUT2D eigenvalue weighted by molar-refractivity contribution is 5.95. The molecule has 0 aromatic heterocycles. The van der Waals surface area contributed by atoms with E-state index in [1.165, 1.54) is 6.42 Å².